The summed E-state index contributed by atoms with van der Waals surface area (Å²) in [7, 11) is 0. The minimum Gasteiger partial charge on any atom is -0.398 e. The fourth-order valence-electron chi connectivity index (χ4n) is 4.02. The second-order valence-electron chi connectivity index (χ2n) is 7.43. The zero-order valence-electron chi connectivity index (χ0n) is 16.3. The van der Waals surface area contributed by atoms with Crippen LogP contribution < -0.4 is 10.6 Å². The zero-order chi connectivity index (χ0) is 19.6. The van der Waals surface area contributed by atoms with Crippen molar-refractivity contribution in [2.45, 2.75) is 6.54 Å². The average Bonchev–Trinajstić information content (AvgIpc) is 3.13. The molecule has 1 aliphatic heterocycles. The van der Waals surface area contributed by atoms with Gasteiger partial charge in [-0.3, -0.25) is 9.88 Å². The Kier molecular flexibility index (Phi) is 4.62. The van der Waals surface area contributed by atoms with E-state index in [1.54, 1.807) is 0 Å². The van der Waals surface area contributed by atoms with Crippen LogP contribution in [0.15, 0.2) is 73.2 Å². The summed E-state index contributed by atoms with van der Waals surface area (Å²) in [4.78, 5) is 14.0. The Labute approximate surface area is 170 Å². The number of hydrogen-bond acceptors (Lipinski definition) is 5. The summed E-state index contributed by atoms with van der Waals surface area (Å²) in [5.74, 6) is 0. The number of nitrogens with zero attached hydrogens (tertiary/aromatic N) is 5. The third-order valence-corrected chi connectivity index (χ3v) is 5.56. The zero-order valence-corrected chi connectivity index (χ0v) is 16.3. The molecule has 0 aliphatic carbocycles. The number of aromatic nitrogens is 3. The number of anilines is 2. The average molecular weight is 384 g/mol. The molecule has 1 fully saturated rings. The van der Waals surface area contributed by atoms with Gasteiger partial charge in [-0.05, 0) is 36.4 Å². The predicted octanol–water partition coefficient (Wildman–Crippen LogP) is 3.30. The highest BCUT2D eigenvalue weighted by Crippen LogP contribution is 2.27. The summed E-state index contributed by atoms with van der Waals surface area (Å²) in [6.07, 6.45) is 5.61. The van der Waals surface area contributed by atoms with Crippen molar-refractivity contribution in [2.24, 2.45) is 0 Å². The van der Waals surface area contributed by atoms with Crippen molar-refractivity contribution in [1.29, 1.82) is 0 Å². The van der Waals surface area contributed by atoms with Gasteiger partial charge in [-0.1, -0.05) is 18.2 Å². The van der Waals surface area contributed by atoms with Crippen LogP contribution in [-0.2, 0) is 6.54 Å². The molecule has 4 aromatic rings. The Morgan fingerprint density at radius 2 is 1.62 bits per heavy atom. The lowest BCUT2D eigenvalue weighted by molar-refractivity contribution is 0.247. The van der Waals surface area contributed by atoms with Gasteiger partial charge in [0.25, 0.3) is 0 Å². The Bertz CT molecular complexity index is 1100. The lowest BCUT2D eigenvalue weighted by atomic mass is 10.1. The number of para-hydroxylation sites is 1. The minimum absolute atomic E-state index is 0.742. The van der Waals surface area contributed by atoms with E-state index in [1.165, 1.54) is 11.4 Å². The third-order valence-electron chi connectivity index (χ3n) is 5.56. The maximum absolute atomic E-state index is 6.08. The molecule has 0 unspecified atom stereocenters. The van der Waals surface area contributed by atoms with E-state index >= 15 is 0 Å². The lowest BCUT2D eigenvalue weighted by Crippen LogP contribution is -2.46. The number of rotatable bonds is 4. The molecule has 0 saturated carbocycles. The van der Waals surface area contributed by atoms with Gasteiger partial charge in [0.05, 0.1) is 11.4 Å². The Morgan fingerprint density at radius 3 is 2.38 bits per heavy atom. The Balaban J connectivity index is 1.42. The number of nitrogens with two attached hydrogens (primary N) is 1. The molecule has 1 saturated heterocycles. The number of hydrogen-bond donors (Lipinski definition) is 1. The van der Waals surface area contributed by atoms with Crippen LogP contribution in [0.5, 0.6) is 0 Å². The molecule has 6 nitrogen and oxygen atoms in total. The SMILES string of the molecule is Nc1ccc2nc(-c3ccncc3)c(CN3CCN(c4ccccc4)CC3)n2c1. The van der Waals surface area contributed by atoms with Gasteiger partial charge in [0.1, 0.15) is 5.65 Å². The number of fused-ring (bicyclic) bond motifs is 1. The fraction of sp³-hybridized carbons (Fsp3) is 0.217. The molecule has 0 spiro atoms. The molecule has 4 heterocycles. The van der Waals surface area contributed by atoms with Crippen molar-refractivity contribution in [1.82, 2.24) is 19.3 Å². The van der Waals surface area contributed by atoms with E-state index in [0.717, 1.165) is 55.3 Å². The second kappa shape index (κ2) is 7.56. The number of imidazole rings is 1. The second-order valence-corrected chi connectivity index (χ2v) is 7.43. The minimum atomic E-state index is 0.742. The van der Waals surface area contributed by atoms with E-state index < -0.39 is 0 Å². The first-order valence-corrected chi connectivity index (χ1v) is 9.97. The highest BCUT2D eigenvalue weighted by atomic mass is 15.3. The largest absolute Gasteiger partial charge is 0.398 e. The Hall–Kier alpha value is -3.38. The van der Waals surface area contributed by atoms with Crippen LogP contribution in [0.4, 0.5) is 11.4 Å². The first-order valence-electron chi connectivity index (χ1n) is 9.97. The maximum Gasteiger partial charge on any atom is 0.137 e. The monoisotopic (exact) mass is 384 g/mol. The summed E-state index contributed by atoms with van der Waals surface area (Å²) in [6, 6.07) is 18.6. The van der Waals surface area contributed by atoms with Gasteiger partial charge in [-0.25, -0.2) is 4.98 Å². The van der Waals surface area contributed by atoms with Crippen LogP contribution >= 0.6 is 0 Å². The lowest BCUT2D eigenvalue weighted by Gasteiger charge is -2.36. The van der Waals surface area contributed by atoms with Gasteiger partial charge in [-0.2, -0.15) is 0 Å². The Morgan fingerprint density at radius 1 is 0.862 bits per heavy atom. The van der Waals surface area contributed by atoms with Crippen molar-refractivity contribution in [3.63, 3.8) is 0 Å². The molecule has 29 heavy (non-hydrogen) atoms. The van der Waals surface area contributed by atoms with E-state index in [9.17, 15) is 0 Å². The third kappa shape index (κ3) is 3.54. The molecule has 146 valence electrons. The highest BCUT2D eigenvalue weighted by Gasteiger charge is 2.21. The molecule has 0 amide bonds. The topological polar surface area (TPSA) is 62.7 Å². The standard InChI is InChI=1S/C23H24N6/c24-19-6-7-22-26-23(18-8-10-25-11-9-18)21(29(22)16-19)17-27-12-14-28(15-13-27)20-4-2-1-3-5-20/h1-11,16H,12-15,17,24H2. The number of benzene rings is 1. The molecule has 0 radical (unpaired) electrons. The molecule has 6 heteroatoms. The van der Waals surface area contributed by atoms with Crippen molar-refractivity contribution in [3.8, 4) is 11.3 Å². The summed E-state index contributed by atoms with van der Waals surface area (Å²) in [5.41, 5.74) is 12.3. The maximum atomic E-state index is 6.08. The molecule has 1 aromatic carbocycles. The van der Waals surface area contributed by atoms with E-state index in [-0.39, 0.29) is 0 Å². The van der Waals surface area contributed by atoms with Gasteiger partial charge in [0.2, 0.25) is 0 Å². The molecular weight excluding hydrogens is 360 g/mol. The fourth-order valence-corrected chi connectivity index (χ4v) is 4.02. The van der Waals surface area contributed by atoms with Gasteiger partial charge in [-0.15, -0.1) is 0 Å². The van der Waals surface area contributed by atoms with E-state index in [0.29, 0.717) is 0 Å². The summed E-state index contributed by atoms with van der Waals surface area (Å²) in [6.45, 7) is 4.91. The van der Waals surface area contributed by atoms with Crippen molar-refractivity contribution in [3.05, 3.63) is 78.9 Å². The summed E-state index contributed by atoms with van der Waals surface area (Å²) in [5, 5.41) is 0. The van der Waals surface area contributed by atoms with Crippen molar-refractivity contribution >= 4 is 17.0 Å². The van der Waals surface area contributed by atoms with Gasteiger partial charge < -0.3 is 15.0 Å². The van der Waals surface area contributed by atoms with E-state index in [1.807, 2.05) is 42.9 Å². The van der Waals surface area contributed by atoms with E-state index in [2.05, 4.69) is 49.5 Å². The van der Waals surface area contributed by atoms with Gasteiger partial charge >= 0.3 is 0 Å². The molecule has 2 N–H and O–H groups in total. The molecule has 0 bridgehead atoms. The van der Waals surface area contributed by atoms with Crippen molar-refractivity contribution < 1.29 is 0 Å². The van der Waals surface area contributed by atoms with Crippen LogP contribution in [-0.4, -0.2) is 45.4 Å². The van der Waals surface area contributed by atoms with Crippen LogP contribution in [0, 0.1) is 0 Å². The first-order chi connectivity index (χ1) is 14.3. The molecular formula is C23H24N6. The van der Waals surface area contributed by atoms with E-state index in [4.69, 9.17) is 10.7 Å². The smallest absolute Gasteiger partial charge is 0.137 e. The number of nitrogen functional groups attached to an aromatic ring is 1. The predicted molar refractivity (Wildman–Crippen MR) is 117 cm³/mol. The molecule has 3 aromatic heterocycles. The number of piperazine rings is 1. The van der Waals surface area contributed by atoms with Crippen LogP contribution in [0.2, 0.25) is 0 Å². The summed E-state index contributed by atoms with van der Waals surface area (Å²) >= 11 is 0. The van der Waals surface area contributed by atoms with Gasteiger partial charge in [0.15, 0.2) is 0 Å². The first kappa shape index (κ1) is 17.7. The molecule has 5 rings (SSSR count). The number of pyridine rings is 2. The van der Waals surface area contributed by atoms with Crippen LogP contribution in [0.3, 0.4) is 0 Å². The highest BCUT2D eigenvalue weighted by molar-refractivity contribution is 5.67. The molecule has 0 atom stereocenters. The summed E-state index contributed by atoms with van der Waals surface area (Å²) < 4.78 is 2.13. The van der Waals surface area contributed by atoms with Crippen LogP contribution in [0.1, 0.15) is 5.69 Å². The quantitative estimate of drug-likeness (QED) is 0.585. The normalized spacial score (nSPS) is 15.1. The van der Waals surface area contributed by atoms with Crippen LogP contribution in [0.25, 0.3) is 16.9 Å². The van der Waals surface area contributed by atoms with Gasteiger partial charge in [0, 0.05) is 68.3 Å². The van der Waals surface area contributed by atoms with Crippen molar-refractivity contribution in [2.75, 3.05) is 36.8 Å². The molecule has 1 aliphatic rings.